The molecule has 1 aliphatic carbocycles. The molecule has 6 heteroatoms. The van der Waals surface area contributed by atoms with Crippen LogP contribution in [-0.4, -0.2) is 52.5 Å². The van der Waals surface area contributed by atoms with E-state index < -0.39 is 17.1 Å². The molecule has 32 heavy (non-hydrogen) atoms. The fourth-order valence-corrected chi connectivity index (χ4v) is 5.46. The van der Waals surface area contributed by atoms with E-state index in [2.05, 4.69) is 16.8 Å². The number of benzene rings is 2. The molecule has 3 N–H and O–H groups in total. The molecule has 2 aliphatic rings. The van der Waals surface area contributed by atoms with Crippen LogP contribution in [0.25, 0.3) is 0 Å². The second-order valence-electron chi connectivity index (χ2n) is 9.08. The number of nitrogens with one attached hydrogen (secondary N) is 1. The van der Waals surface area contributed by atoms with E-state index in [-0.39, 0.29) is 18.4 Å². The maximum absolute atomic E-state index is 12.5. The van der Waals surface area contributed by atoms with Crippen LogP contribution in [0.2, 0.25) is 0 Å². The minimum atomic E-state index is -0.950. The van der Waals surface area contributed by atoms with Crippen LogP contribution in [-0.2, 0) is 16.8 Å². The second kappa shape index (κ2) is 9.35. The zero-order chi connectivity index (χ0) is 22.6. The first-order valence-electron chi connectivity index (χ1n) is 11.3. The summed E-state index contributed by atoms with van der Waals surface area (Å²) in [7, 11) is 0. The van der Waals surface area contributed by atoms with E-state index in [0.717, 1.165) is 30.6 Å². The van der Waals surface area contributed by atoms with Crippen molar-refractivity contribution < 1.29 is 19.7 Å². The molecule has 0 bridgehead atoms. The second-order valence-corrected chi connectivity index (χ2v) is 9.08. The average molecular weight is 437 g/mol. The van der Waals surface area contributed by atoms with Crippen LogP contribution in [0.3, 0.4) is 0 Å². The predicted molar refractivity (Wildman–Crippen MR) is 123 cm³/mol. The highest BCUT2D eigenvalue weighted by Crippen LogP contribution is 2.52. The van der Waals surface area contributed by atoms with Gasteiger partial charge in [-0.3, -0.25) is 4.90 Å². The van der Waals surface area contributed by atoms with Crippen LogP contribution in [0.5, 0.6) is 5.75 Å². The number of ether oxygens (including phenoxy) is 1. The Labute approximate surface area is 189 Å². The lowest BCUT2D eigenvalue weighted by atomic mass is 9.55. The van der Waals surface area contributed by atoms with Crippen molar-refractivity contribution in [2.45, 2.75) is 49.3 Å². The third kappa shape index (κ3) is 4.52. The van der Waals surface area contributed by atoms with Gasteiger partial charge in [0.1, 0.15) is 12.4 Å². The molecule has 0 radical (unpaired) electrons. The molecule has 1 saturated carbocycles. The van der Waals surface area contributed by atoms with Gasteiger partial charge in [-0.15, -0.1) is 6.58 Å². The van der Waals surface area contributed by atoms with Gasteiger partial charge in [0.05, 0.1) is 5.60 Å². The molecule has 3 atom stereocenters. The molecular formula is C26H32N2O4. The summed E-state index contributed by atoms with van der Waals surface area (Å²) in [6.07, 6.45) is 3.97. The van der Waals surface area contributed by atoms with Crippen LogP contribution < -0.4 is 5.32 Å². The zero-order valence-electron chi connectivity index (χ0n) is 18.4. The number of aliphatic hydroxyl groups is 1. The monoisotopic (exact) mass is 436 g/mol. The normalized spacial score (nSPS) is 27.8. The van der Waals surface area contributed by atoms with Crippen molar-refractivity contribution in [3.8, 4) is 5.75 Å². The van der Waals surface area contributed by atoms with Gasteiger partial charge in [0.15, 0.2) is 0 Å². The third-order valence-corrected chi connectivity index (χ3v) is 7.05. The number of β-amino-alcohol motifs (C(OH)–C–C–N with tert-alkyl or cyclic N) is 1. The van der Waals surface area contributed by atoms with Crippen molar-refractivity contribution in [1.29, 1.82) is 0 Å². The quantitative estimate of drug-likeness (QED) is 0.601. The van der Waals surface area contributed by atoms with E-state index >= 15 is 0 Å². The number of amides is 1. The number of hydrogen-bond acceptors (Lipinski definition) is 5. The SMILES string of the molecule is C=CCN1CC[C@@]2(c3cccc(O)c3)C[C@@H](NC(=O)OCc3ccccc3)CC[C@]2(O)C1. The molecule has 0 aromatic heterocycles. The molecule has 0 unspecified atom stereocenters. The van der Waals surface area contributed by atoms with E-state index in [0.29, 0.717) is 25.8 Å². The molecule has 2 fully saturated rings. The molecule has 2 aromatic carbocycles. The first-order valence-corrected chi connectivity index (χ1v) is 11.3. The van der Waals surface area contributed by atoms with Gasteiger partial charge in [0.2, 0.25) is 0 Å². The number of piperidine rings is 1. The first kappa shape index (κ1) is 22.4. The molecule has 1 amide bonds. The Morgan fingerprint density at radius 1 is 1.22 bits per heavy atom. The van der Waals surface area contributed by atoms with Crippen LogP contribution in [0.15, 0.2) is 67.3 Å². The summed E-state index contributed by atoms with van der Waals surface area (Å²) in [6, 6.07) is 16.7. The fourth-order valence-electron chi connectivity index (χ4n) is 5.46. The van der Waals surface area contributed by atoms with Gasteiger partial charge in [-0.05, 0) is 55.5 Å². The Hall–Kier alpha value is -2.83. The molecule has 2 aromatic rings. The third-order valence-electron chi connectivity index (χ3n) is 7.05. The summed E-state index contributed by atoms with van der Waals surface area (Å²) in [5.74, 6) is 0.185. The van der Waals surface area contributed by atoms with E-state index in [1.807, 2.05) is 48.5 Å². The van der Waals surface area contributed by atoms with Crippen molar-refractivity contribution in [3.05, 3.63) is 78.4 Å². The van der Waals surface area contributed by atoms with Gasteiger partial charge in [-0.2, -0.15) is 0 Å². The Kier molecular flexibility index (Phi) is 6.53. The van der Waals surface area contributed by atoms with Crippen molar-refractivity contribution in [2.75, 3.05) is 19.6 Å². The van der Waals surface area contributed by atoms with E-state index in [1.54, 1.807) is 12.1 Å². The highest BCUT2D eigenvalue weighted by atomic mass is 16.5. The van der Waals surface area contributed by atoms with Gasteiger partial charge in [0, 0.05) is 24.5 Å². The number of phenolic OH excluding ortho intramolecular Hbond substituents is 1. The lowest BCUT2D eigenvalue weighted by Crippen LogP contribution is -2.67. The number of rotatable bonds is 6. The first-order chi connectivity index (χ1) is 15.4. The zero-order valence-corrected chi connectivity index (χ0v) is 18.4. The summed E-state index contributed by atoms with van der Waals surface area (Å²) < 4.78 is 5.43. The molecule has 1 heterocycles. The largest absolute Gasteiger partial charge is 0.508 e. The number of aromatic hydroxyl groups is 1. The number of likely N-dealkylation sites (tertiary alicyclic amines) is 1. The standard InChI is InChI=1S/C26H32N2O4/c1-2-14-28-15-13-25(21-9-6-10-23(29)16-21)17-22(11-12-26(25,31)19-28)27-24(30)32-18-20-7-4-3-5-8-20/h2-10,16,22,29,31H,1,11-15,17-19H2,(H,27,30)/t22-,25-,26-/m0/s1. The highest BCUT2D eigenvalue weighted by Gasteiger charge is 2.57. The number of alkyl carbamates (subject to hydrolysis) is 1. The Balaban J connectivity index is 1.51. The van der Waals surface area contributed by atoms with Crippen LogP contribution >= 0.6 is 0 Å². The Bertz CT molecular complexity index is 950. The van der Waals surface area contributed by atoms with Crippen molar-refractivity contribution in [1.82, 2.24) is 10.2 Å². The van der Waals surface area contributed by atoms with Crippen LogP contribution in [0.1, 0.15) is 36.8 Å². The van der Waals surface area contributed by atoms with Crippen LogP contribution in [0, 0.1) is 0 Å². The summed E-state index contributed by atoms with van der Waals surface area (Å²) in [4.78, 5) is 14.7. The summed E-state index contributed by atoms with van der Waals surface area (Å²) in [6.45, 7) is 6.14. The number of hydrogen-bond donors (Lipinski definition) is 3. The topological polar surface area (TPSA) is 82.0 Å². The summed E-state index contributed by atoms with van der Waals surface area (Å²) in [5, 5.41) is 25.1. The number of carbonyl (C=O) groups is 1. The predicted octanol–water partition coefficient (Wildman–Crippen LogP) is 3.73. The summed E-state index contributed by atoms with van der Waals surface area (Å²) in [5.41, 5.74) is 0.349. The minimum Gasteiger partial charge on any atom is -0.508 e. The molecule has 6 nitrogen and oxygen atoms in total. The minimum absolute atomic E-state index is 0.119. The highest BCUT2D eigenvalue weighted by molar-refractivity contribution is 5.67. The van der Waals surface area contributed by atoms with Gasteiger partial charge < -0.3 is 20.3 Å². The molecule has 4 rings (SSSR count). The van der Waals surface area contributed by atoms with Gasteiger partial charge in [0.25, 0.3) is 0 Å². The lowest BCUT2D eigenvalue weighted by molar-refractivity contribution is -0.124. The number of fused-ring (bicyclic) bond motifs is 1. The van der Waals surface area contributed by atoms with E-state index in [9.17, 15) is 15.0 Å². The lowest BCUT2D eigenvalue weighted by Gasteiger charge is -2.58. The van der Waals surface area contributed by atoms with Gasteiger partial charge in [-0.1, -0.05) is 48.5 Å². The molecule has 0 spiro atoms. The maximum Gasteiger partial charge on any atom is 0.407 e. The van der Waals surface area contributed by atoms with E-state index in [1.165, 1.54) is 0 Å². The molecule has 1 aliphatic heterocycles. The maximum atomic E-state index is 12.5. The van der Waals surface area contributed by atoms with Gasteiger partial charge >= 0.3 is 6.09 Å². The molecular weight excluding hydrogens is 404 g/mol. The van der Waals surface area contributed by atoms with Crippen molar-refractivity contribution in [3.63, 3.8) is 0 Å². The van der Waals surface area contributed by atoms with Gasteiger partial charge in [-0.25, -0.2) is 4.79 Å². The smallest absolute Gasteiger partial charge is 0.407 e. The van der Waals surface area contributed by atoms with Crippen molar-refractivity contribution in [2.24, 2.45) is 0 Å². The molecule has 170 valence electrons. The number of carbonyl (C=O) groups excluding carboxylic acids is 1. The number of nitrogens with zero attached hydrogens (tertiary/aromatic N) is 1. The summed E-state index contributed by atoms with van der Waals surface area (Å²) >= 11 is 0. The number of phenols is 1. The van der Waals surface area contributed by atoms with Crippen LogP contribution in [0.4, 0.5) is 4.79 Å². The Morgan fingerprint density at radius 3 is 2.78 bits per heavy atom. The fraction of sp³-hybridized carbons (Fsp3) is 0.423. The van der Waals surface area contributed by atoms with Crippen molar-refractivity contribution >= 4 is 6.09 Å². The van der Waals surface area contributed by atoms with E-state index in [4.69, 9.17) is 4.74 Å². The Morgan fingerprint density at radius 2 is 2.03 bits per heavy atom. The average Bonchev–Trinajstić information content (AvgIpc) is 2.79. The molecule has 1 saturated heterocycles.